The van der Waals surface area contributed by atoms with E-state index in [1.165, 1.54) is 0 Å². The summed E-state index contributed by atoms with van der Waals surface area (Å²) in [6.07, 6.45) is 3.63. The van der Waals surface area contributed by atoms with E-state index < -0.39 is 0 Å². The summed E-state index contributed by atoms with van der Waals surface area (Å²) in [7, 11) is 0. The number of hydrogen-bond donors (Lipinski definition) is 2. The van der Waals surface area contributed by atoms with Gasteiger partial charge in [-0.15, -0.1) is 0 Å². The maximum atomic E-state index is 9.21. The molecule has 19 heavy (non-hydrogen) atoms. The lowest BCUT2D eigenvalue weighted by Crippen LogP contribution is -2.37. The second kappa shape index (κ2) is 7.05. The van der Waals surface area contributed by atoms with Gasteiger partial charge in [-0.2, -0.15) is 0 Å². The van der Waals surface area contributed by atoms with Crippen LogP contribution in [0, 0.1) is 0 Å². The van der Waals surface area contributed by atoms with Crippen molar-refractivity contribution in [2.24, 2.45) is 0 Å². The van der Waals surface area contributed by atoms with E-state index >= 15 is 0 Å². The van der Waals surface area contributed by atoms with Crippen LogP contribution in [0.3, 0.4) is 0 Å². The van der Waals surface area contributed by atoms with Crippen molar-refractivity contribution >= 4 is 17.4 Å². The summed E-state index contributed by atoms with van der Waals surface area (Å²) >= 11 is 5.93. The van der Waals surface area contributed by atoms with E-state index in [0.717, 1.165) is 31.7 Å². The van der Waals surface area contributed by atoms with Crippen LogP contribution in [0.15, 0.2) is 12.3 Å². The van der Waals surface area contributed by atoms with Gasteiger partial charge in [-0.05, 0) is 18.9 Å². The molecule has 0 spiro atoms. The van der Waals surface area contributed by atoms with Crippen molar-refractivity contribution in [3.8, 4) is 0 Å². The number of anilines is 1. The minimum atomic E-state index is -0.0789. The number of hydrogen-bond acceptors (Lipinski definition) is 5. The van der Waals surface area contributed by atoms with Crippen molar-refractivity contribution in [3.05, 3.63) is 22.8 Å². The number of halogens is 1. The first-order chi connectivity index (χ1) is 9.24. The van der Waals surface area contributed by atoms with E-state index in [4.69, 9.17) is 21.4 Å². The summed E-state index contributed by atoms with van der Waals surface area (Å²) in [5.74, 6) is 0.842. The van der Waals surface area contributed by atoms with Gasteiger partial charge in [0, 0.05) is 24.8 Å². The third-order valence-electron chi connectivity index (χ3n) is 3.30. The Morgan fingerprint density at radius 1 is 1.37 bits per heavy atom. The predicted octanol–water partition coefficient (Wildman–Crippen LogP) is 1.21. The molecule has 1 aromatic heterocycles. The second-order valence-electron chi connectivity index (χ2n) is 4.57. The summed E-state index contributed by atoms with van der Waals surface area (Å²) in [6, 6.07) is 1.83. The topological polar surface area (TPSA) is 65.8 Å². The van der Waals surface area contributed by atoms with Gasteiger partial charge in [-0.3, -0.25) is 0 Å². The highest BCUT2D eigenvalue weighted by atomic mass is 35.5. The van der Waals surface area contributed by atoms with E-state index in [1.54, 1.807) is 6.20 Å². The zero-order valence-electron chi connectivity index (χ0n) is 10.8. The minimum absolute atomic E-state index is 0.0683. The van der Waals surface area contributed by atoms with Gasteiger partial charge in [0.1, 0.15) is 5.82 Å². The Kier molecular flexibility index (Phi) is 5.39. The lowest BCUT2D eigenvalue weighted by Gasteiger charge is -2.32. The summed E-state index contributed by atoms with van der Waals surface area (Å²) in [4.78, 5) is 6.46. The van der Waals surface area contributed by atoms with Gasteiger partial charge in [0.2, 0.25) is 0 Å². The molecule has 0 aromatic carbocycles. The minimum Gasteiger partial charge on any atom is -0.394 e. The van der Waals surface area contributed by atoms with Crippen molar-refractivity contribution < 1.29 is 14.9 Å². The normalized spacial score (nSPS) is 16.9. The number of rotatable bonds is 5. The van der Waals surface area contributed by atoms with Crippen LogP contribution in [0.1, 0.15) is 18.4 Å². The van der Waals surface area contributed by atoms with Crippen LogP contribution < -0.4 is 4.90 Å². The Balaban J connectivity index is 1.94. The molecule has 0 unspecified atom stereocenters. The van der Waals surface area contributed by atoms with E-state index in [1.807, 2.05) is 6.07 Å². The zero-order valence-corrected chi connectivity index (χ0v) is 11.5. The second-order valence-corrected chi connectivity index (χ2v) is 4.98. The van der Waals surface area contributed by atoms with Crippen molar-refractivity contribution in [2.75, 3.05) is 31.2 Å². The number of aliphatic hydroxyl groups excluding tert-OH is 2. The van der Waals surface area contributed by atoms with Gasteiger partial charge in [0.05, 0.1) is 30.9 Å². The van der Waals surface area contributed by atoms with Gasteiger partial charge in [-0.25, -0.2) is 4.98 Å². The molecule has 0 radical (unpaired) electrons. The number of aliphatic hydroxyl groups is 2. The molecule has 0 amide bonds. The van der Waals surface area contributed by atoms with E-state index in [0.29, 0.717) is 17.2 Å². The monoisotopic (exact) mass is 286 g/mol. The highest BCUT2D eigenvalue weighted by Crippen LogP contribution is 2.23. The molecule has 1 saturated heterocycles. The van der Waals surface area contributed by atoms with Gasteiger partial charge in [0.15, 0.2) is 0 Å². The third-order valence-corrected chi connectivity index (χ3v) is 3.64. The SMILES string of the molecule is OCCOC1CCN(c2cc(CO)c(Cl)cn2)CC1. The van der Waals surface area contributed by atoms with Crippen LogP contribution in [0.2, 0.25) is 5.02 Å². The number of pyridine rings is 1. The van der Waals surface area contributed by atoms with Gasteiger partial charge >= 0.3 is 0 Å². The van der Waals surface area contributed by atoms with E-state index in [-0.39, 0.29) is 19.3 Å². The molecule has 1 aliphatic heterocycles. The molecule has 0 atom stereocenters. The first-order valence-corrected chi connectivity index (χ1v) is 6.85. The molecule has 2 N–H and O–H groups in total. The fourth-order valence-electron chi connectivity index (χ4n) is 2.23. The van der Waals surface area contributed by atoms with Gasteiger partial charge < -0.3 is 19.8 Å². The molecule has 5 nitrogen and oxygen atoms in total. The quantitative estimate of drug-likeness (QED) is 0.852. The maximum absolute atomic E-state index is 9.21. The molecule has 0 saturated carbocycles. The van der Waals surface area contributed by atoms with Gasteiger partial charge in [0.25, 0.3) is 0 Å². The van der Waals surface area contributed by atoms with Crippen LogP contribution in [-0.2, 0) is 11.3 Å². The van der Waals surface area contributed by atoms with Crippen LogP contribution >= 0.6 is 11.6 Å². The molecule has 2 rings (SSSR count). The smallest absolute Gasteiger partial charge is 0.128 e. The zero-order chi connectivity index (χ0) is 13.7. The number of ether oxygens (including phenoxy) is 1. The maximum Gasteiger partial charge on any atom is 0.128 e. The summed E-state index contributed by atoms with van der Waals surface area (Å²) in [5, 5.41) is 18.4. The Hall–Kier alpha value is -0.880. The Bertz CT molecular complexity index is 409. The van der Waals surface area contributed by atoms with Crippen molar-refractivity contribution in [1.29, 1.82) is 0 Å². The van der Waals surface area contributed by atoms with Crippen LogP contribution in [-0.4, -0.2) is 47.6 Å². The molecule has 0 aliphatic carbocycles. The molecular formula is C13H19ClN2O3. The first kappa shape index (κ1) is 14.5. The standard InChI is InChI=1S/C13H19ClN2O3/c14-12-8-15-13(7-10(12)9-18)16-3-1-11(2-4-16)19-6-5-17/h7-8,11,17-18H,1-6,9H2. The number of piperidine rings is 1. The van der Waals surface area contributed by atoms with E-state index in [9.17, 15) is 5.11 Å². The predicted molar refractivity (Wildman–Crippen MR) is 73.4 cm³/mol. The van der Waals surface area contributed by atoms with Crippen molar-refractivity contribution in [2.45, 2.75) is 25.6 Å². The van der Waals surface area contributed by atoms with E-state index in [2.05, 4.69) is 9.88 Å². The molecule has 106 valence electrons. The average molecular weight is 287 g/mol. The summed E-state index contributed by atoms with van der Waals surface area (Å²) < 4.78 is 5.52. The average Bonchev–Trinajstić information content (AvgIpc) is 2.46. The third kappa shape index (κ3) is 3.79. The van der Waals surface area contributed by atoms with Crippen LogP contribution in [0.4, 0.5) is 5.82 Å². The molecule has 1 aliphatic rings. The lowest BCUT2D eigenvalue weighted by molar-refractivity contribution is 0.0158. The van der Waals surface area contributed by atoms with Crippen LogP contribution in [0.5, 0.6) is 0 Å². The number of nitrogens with zero attached hydrogens (tertiary/aromatic N) is 2. The highest BCUT2D eigenvalue weighted by Gasteiger charge is 2.20. The lowest BCUT2D eigenvalue weighted by atomic mass is 10.1. The van der Waals surface area contributed by atoms with Crippen LogP contribution in [0.25, 0.3) is 0 Å². The summed E-state index contributed by atoms with van der Waals surface area (Å²) in [6.45, 7) is 2.10. The molecule has 2 heterocycles. The fourth-order valence-corrected chi connectivity index (χ4v) is 2.40. The van der Waals surface area contributed by atoms with Crippen molar-refractivity contribution in [3.63, 3.8) is 0 Å². The number of aromatic nitrogens is 1. The first-order valence-electron chi connectivity index (χ1n) is 6.47. The fraction of sp³-hybridized carbons (Fsp3) is 0.615. The van der Waals surface area contributed by atoms with Gasteiger partial charge in [-0.1, -0.05) is 11.6 Å². The molecular weight excluding hydrogens is 268 g/mol. The molecule has 1 fully saturated rings. The largest absolute Gasteiger partial charge is 0.394 e. The highest BCUT2D eigenvalue weighted by molar-refractivity contribution is 6.31. The molecule has 0 bridgehead atoms. The summed E-state index contributed by atoms with van der Waals surface area (Å²) in [5.41, 5.74) is 0.699. The molecule has 6 heteroatoms. The Labute approximate surface area is 117 Å². The molecule has 1 aromatic rings. The van der Waals surface area contributed by atoms with Crippen molar-refractivity contribution in [1.82, 2.24) is 4.98 Å². The Morgan fingerprint density at radius 3 is 2.74 bits per heavy atom. The Morgan fingerprint density at radius 2 is 2.11 bits per heavy atom.